The van der Waals surface area contributed by atoms with Crippen molar-refractivity contribution in [1.82, 2.24) is 3.80 Å². The minimum absolute atomic E-state index is 0. The Morgan fingerprint density at radius 3 is 2.07 bits per heavy atom. The van der Waals surface area contributed by atoms with Crippen LogP contribution in [-0.4, -0.2) is 12.6 Å². The van der Waals surface area contributed by atoms with E-state index in [2.05, 4.69) is 77.5 Å². The number of halogens is 2. The molecule has 0 radical (unpaired) electrons. The van der Waals surface area contributed by atoms with E-state index in [1.54, 1.807) is 3.88 Å². The van der Waals surface area contributed by atoms with Crippen molar-refractivity contribution in [3.63, 3.8) is 0 Å². The molecule has 2 rings (SSSR count). The number of rotatable bonds is 4. The summed E-state index contributed by atoms with van der Waals surface area (Å²) in [5, 5.41) is 0. The fourth-order valence-electron chi connectivity index (χ4n) is 3.64. The molecule has 0 aromatic heterocycles. The van der Waals surface area contributed by atoms with Gasteiger partial charge in [-0.25, -0.2) is 0 Å². The Labute approximate surface area is 191 Å². The van der Waals surface area contributed by atoms with Gasteiger partial charge in [-0.15, -0.1) is 0 Å². The summed E-state index contributed by atoms with van der Waals surface area (Å²) >= 11 is -1.79. The van der Waals surface area contributed by atoms with E-state index in [1.807, 2.05) is 12.1 Å². The smallest absolute Gasteiger partial charge is 1.00 e. The number of nitrogens with one attached hydrogen (secondary N) is 1. The monoisotopic (exact) mass is 474 g/mol. The standard InChI is InChI=1S/C11H15NO.C9H13.C2H7Si.2ClH.Ti/c1-11(2,3)9-6-4-5-8(7-9)10(12)13;1-6-5-7(2)9(4)8(6)3;1-3-2;;;/h4-7H,1-3H3,(H2,12,13);6H,1-4H3;3H,1-2H3;2*1H;/q;;;;;+3/p-3. The SMILES string of the molecule is CC1=C(C)C(C)[C]([Ti+2]([NH]C(=O)c2cccc(C(C)(C)C)c2)[SiH](C)C)=C1C.[Cl-].[Cl-]. The van der Waals surface area contributed by atoms with Crippen LogP contribution < -0.4 is 28.6 Å². The molecule has 0 saturated carbocycles. The molecule has 28 heavy (non-hydrogen) atoms. The van der Waals surface area contributed by atoms with Gasteiger partial charge in [0.1, 0.15) is 0 Å². The van der Waals surface area contributed by atoms with E-state index < -0.39 is 24.0 Å². The van der Waals surface area contributed by atoms with Crippen LogP contribution in [0, 0.1) is 5.92 Å². The molecule has 0 saturated heterocycles. The first-order valence-corrected chi connectivity index (χ1v) is 16.8. The van der Waals surface area contributed by atoms with Gasteiger partial charge in [0.05, 0.1) is 0 Å². The molecule has 1 amide bonds. The molecule has 0 heterocycles. The van der Waals surface area contributed by atoms with Crippen molar-refractivity contribution in [2.24, 2.45) is 5.92 Å². The van der Waals surface area contributed by atoms with Gasteiger partial charge < -0.3 is 24.8 Å². The Hall–Kier alpha value is -0.319. The van der Waals surface area contributed by atoms with Crippen LogP contribution in [-0.2, 0) is 22.8 Å². The van der Waals surface area contributed by atoms with Crippen LogP contribution in [0.2, 0.25) is 13.1 Å². The van der Waals surface area contributed by atoms with Gasteiger partial charge in [0, 0.05) is 0 Å². The average Bonchev–Trinajstić information content (AvgIpc) is 2.75. The third-order valence-corrected chi connectivity index (χ3v) is 17.1. The van der Waals surface area contributed by atoms with Gasteiger partial charge >= 0.3 is 167 Å². The number of carbonyl (C=O) groups excluding carboxylic acids is 1. The van der Waals surface area contributed by atoms with E-state index in [9.17, 15) is 4.79 Å². The zero-order valence-electron chi connectivity index (χ0n) is 18.6. The number of benzene rings is 1. The van der Waals surface area contributed by atoms with Crippen molar-refractivity contribution in [2.75, 3.05) is 0 Å². The van der Waals surface area contributed by atoms with Crippen LogP contribution in [0.5, 0.6) is 0 Å². The normalized spacial score (nSPS) is 16.7. The Balaban J connectivity index is 0.00000364. The van der Waals surface area contributed by atoms with Crippen LogP contribution >= 0.6 is 0 Å². The molecule has 1 unspecified atom stereocenters. The van der Waals surface area contributed by atoms with Crippen molar-refractivity contribution < 1.29 is 47.0 Å². The van der Waals surface area contributed by atoms with Crippen LogP contribution in [0.3, 0.4) is 0 Å². The van der Waals surface area contributed by atoms with Crippen LogP contribution in [0.1, 0.15) is 64.4 Å². The zero-order valence-corrected chi connectivity index (χ0v) is 22.9. The molecule has 1 N–H and O–H groups in total. The largest absolute Gasteiger partial charge is 1.00 e. The molecule has 1 atom stereocenters. The molecule has 0 fully saturated rings. The minimum atomic E-state index is -1.79. The van der Waals surface area contributed by atoms with Gasteiger partial charge in [0.15, 0.2) is 0 Å². The van der Waals surface area contributed by atoms with Gasteiger partial charge in [-0.2, -0.15) is 0 Å². The van der Waals surface area contributed by atoms with Crippen molar-refractivity contribution in [2.45, 2.75) is 67.0 Å². The third kappa shape index (κ3) is 5.86. The summed E-state index contributed by atoms with van der Waals surface area (Å²) in [5.74, 6) is 0.628. The molecule has 2 nitrogen and oxygen atoms in total. The van der Waals surface area contributed by atoms with E-state index in [-0.39, 0.29) is 36.1 Å². The van der Waals surface area contributed by atoms with Crippen molar-refractivity contribution >= 4 is 12.6 Å². The quantitative estimate of drug-likeness (QED) is 0.585. The minimum Gasteiger partial charge on any atom is -1.00 e. The Morgan fingerprint density at radius 2 is 1.64 bits per heavy atom. The maximum absolute atomic E-state index is 13.1. The molecule has 0 bridgehead atoms. The van der Waals surface area contributed by atoms with Gasteiger partial charge in [0.25, 0.3) is 0 Å². The Kier molecular flexibility index (Phi) is 10.5. The molecule has 0 aliphatic heterocycles. The zero-order chi connectivity index (χ0) is 19.8. The van der Waals surface area contributed by atoms with Crippen LogP contribution in [0.4, 0.5) is 0 Å². The third-order valence-electron chi connectivity index (χ3n) is 5.75. The molecule has 155 valence electrons. The topological polar surface area (TPSA) is 29.1 Å². The summed E-state index contributed by atoms with van der Waals surface area (Å²) in [7, 11) is 0. The fourth-order valence-corrected chi connectivity index (χ4v) is 14.1. The van der Waals surface area contributed by atoms with E-state index >= 15 is 0 Å². The molecular weight excluding hydrogens is 441 g/mol. The van der Waals surface area contributed by atoms with Crippen LogP contribution in [0.25, 0.3) is 0 Å². The van der Waals surface area contributed by atoms with Crippen molar-refractivity contribution in [3.8, 4) is 0 Å². The second-order valence-corrected chi connectivity index (χ2v) is 21.5. The molecule has 6 heteroatoms. The summed E-state index contributed by atoms with van der Waals surface area (Å²) in [5.41, 5.74) is 6.46. The summed E-state index contributed by atoms with van der Waals surface area (Å²) in [6, 6.07) is 8.16. The summed E-state index contributed by atoms with van der Waals surface area (Å²) in [6.45, 7) is 19.5. The summed E-state index contributed by atoms with van der Waals surface area (Å²) < 4.78 is 5.16. The predicted molar refractivity (Wildman–Crippen MR) is 112 cm³/mol. The maximum atomic E-state index is 13.1. The van der Waals surface area contributed by atoms with E-state index in [4.69, 9.17) is 0 Å². The first kappa shape index (κ1) is 27.7. The first-order valence-electron chi connectivity index (χ1n) is 9.62. The van der Waals surface area contributed by atoms with Crippen LogP contribution in [0.15, 0.2) is 44.9 Å². The predicted octanol–water partition coefficient (Wildman–Crippen LogP) is -0.501. The first-order chi connectivity index (χ1) is 11.9. The summed E-state index contributed by atoms with van der Waals surface area (Å²) in [4.78, 5) is 13.1. The molecule has 1 aliphatic carbocycles. The number of amides is 1. The second kappa shape index (κ2) is 10.6. The maximum Gasteiger partial charge on any atom is -1.00 e. The van der Waals surface area contributed by atoms with E-state index in [0.717, 1.165) is 5.56 Å². The molecule has 0 spiro atoms. The second-order valence-electron chi connectivity index (χ2n) is 8.92. The number of allylic oxidation sites excluding steroid dienone is 4. The van der Waals surface area contributed by atoms with Gasteiger partial charge in [-0.05, 0) is 0 Å². The number of hydrogen-bond acceptors (Lipinski definition) is 1. The van der Waals surface area contributed by atoms with E-state index in [1.165, 1.54) is 22.3 Å². The molecule has 1 aromatic rings. The van der Waals surface area contributed by atoms with E-state index in [0.29, 0.717) is 5.92 Å². The Morgan fingerprint density at radius 1 is 1.07 bits per heavy atom. The Bertz CT molecular complexity index is 781. The van der Waals surface area contributed by atoms with Crippen molar-refractivity contribution in [1.29, 1.82) is 0 Å². The average molecular weight is 475 g/mol. The van der Waals surface area contributed by atoms with Crippen molar-refractivity contribution in [3.05, 3.63) is 56.0 Å². The fraction of sp³-hybridized carbons (Fsp3) is 0.500. The van der Waals surface area contributed by atoms with Gasteiger partial charge in [-0.3, -0.25) is 0 Å². The number of carbonyl (C=O) groups is 1. The molecular formula is C22H34Cl2NOSiTi. The van der Waals surface area contributed by atoms with Gasteiger partial charge in [0.2, 0.25) is 0 Å². The molecule has 1 aliphatic rings. The molecule has 1 aromatic carbocycles. The summed E-state index contributed by atoms with van der Waals surface area (Å²) in [6.07, 6.45) is 0. The van der Waals surface area contributed by atoms with Gasteiger partial charge in [-0.1, -0.05) is 0 Å². The number of hydrogen-bond donors (Lipinski definition) is 1.